The van der Waals surface area contributed by atoms with Crippen LogP contribution in [0.4, 0.5) is 0 Å². The number of phosphoric ester groups is 1. The summed E-state index contributed by atoms with van der Waals surface area (Å²) >= 11 is 0. The number of carbonyl (C=O) groups is 2. The molecule has 274 valence electrons. The molecule has 0 spiro atoms. The lowest BCUT2D eigenvalue weighted by Crippen LogP contribution is -2.14. The Balaban J connectivity index is 3.85. The van der Waals surface area contributed by atoms with Crippen LogP contribution in [0.25, 0.3) is 0 Å². The molecule has 46 heavy (non-hydrogen) atoms. The van der Waals surface area contributed by atoms with Crippen molar-refractivity contribution < 1.29 is 27.7 Å². The maximum atomic E-state index is 12.9. The van der Waals surface area contributed by atoms with Crippen LogP contribution in [0.5, 0.6) is 0 Å². The second kappa shape index (κ2) is 35.4. The number of carbonyl (C=O) groups excluding carboxylic acids is 2. The Bertz CT molecular complexity index is 667. The quantitative estimate of drug-likeness (QED) is 0.0517. The number of unbranched alkanes of at least 4 members (excludes halogenated alkanes) is 28. The van der Waals surface area contributed by atoms with Crippen molar-refractivity contribution in [1.82, 2.24) is 0 Å². The van der Waals surface area contributed by atoms with Crippen LogP contribution < -0.4 is 5.73 Å². The third-order valence-corrected chi connectivity index (χ3v) is 10.1. The van der Waals surface area contributed by atoms with Crippen LogP contribution in [0.15, 0.2) is 0 Å². The van der Waals surface area contributed by atoms with E-state index in [9.17, 15) is 14.2 Å². The molecule has 0 fully saturated rings. The van der Waals surface area contributed by atoms with Gasteiger partial charge in [-0.25, -0.2) is 4.57 Å². The first kappa shape index (κ1) is 45.1. The summed E-state index contributed by atoms with van der Waals surface area (Å²) in [6.07, 6.45) is 37.4. The zero-order valence-corrected chi connectivity index (χ0v) is 31.4. The molecule has 2 N–H and O–H groups in total. The van der Waals surface area contributed by atoms with Crippen LogP contribution in [0.2, 0.25) is 0 Å². The van der Waals surface area contributed by atoms with Gasteiger partial charge < -0.3 is 14.8 Å². The Morgan fingerprint density at radius 2 is 0.674 bits per heavy atom. The highest BCUT2D eigenvalue weighted by Crippen LogP contribution is 2.50. The van der Waals surface area contributed by atoms with Crippen LogP contribution in [0, 0.1) is 0 Å². The average Bonchev–Trinajstić information content (AvgIpc) is 3.03. The lowest BCUT2D eigenvalue weighted by Gasteiger charge is -2.16. The van der Waals surface area contributed by atoms with Crippen LogP contribution in [-0.4, -0.2) is 25.1 Å². The van der Waals surface area contributed by atoms with E-state index in [1.165, 1.54) is 154 Å². The molecule has 7 nitrogen and oxygen atoms in total. The predicted molar refractivity (Wildman–Crippen MR) is 194 cm³/mol. The minimum atomic E-state index is -4.31. The van der Waals surface area contributed by atoms with Crippen molar-refractivity contribution in [3.05, 3.63) is 0 Å². The van der Waals surface area contributed by atoms with E-state index in [1.54, 1.807) is 0 Å². The summed E-state index contributed by atoms with van der Waals surface area (Å²) < 4.78 is 28.2. The highest BCUT2D eigenvalue weighted by Gasteiger charge is 2.34. The Hall–Kier alpha value is -0.910. The zero-order chi connectivity index (χ0) is 33.8. The summed E-state index contributed by atoms with van der Waals surface area (Å²) in [4.78, 5) is 24.7. The van der Waals surface area contributed by atoms with E-state index in [4.69, 9.17) is 19.3 Å². The normalized spacial score (nSPS) is 11.6. The molecule has 0 aromatic heterocycles. The molecule has 0 heterocycles. The van der Waals surface area contributed by atoms with Crippen molar-refractivity contribution in [2.75, 3.05) is 13.2 Å². The third kappa shape index (κ3) is 33.0. The number of phosphoric acid groups is 1. The van der Waals surface area contributed by atoms with E-state index in [0.29, 0.717) is 12.8 Å². The van der Waals surface area contributed by atoms with Crippen molar-refractivity contribution in [3.63, 3.8) is 0 Å². The van der Waals surface area contributed by atoms with Crippen molar-refractivity contribution in [3.8, 4) is 0 Å². The standard InChI is InChI=1S/C38H76NO6P/c1-3-5-7-9-11-13-15-17-19-21-23-25-27-29-31-33-37(40)44-46(42,43-36-35-39)45-38(41)34-32-30-28-26-24-22-20-18-16-14-12-10-8-6-4-2/h3-36,39H2,1-2H3. The minimum Gasteiger partial charge on any atom is -0.361 e. The Labute approximate surface area is 285 Å². The fourth-order valence-corrected chi connectivity index (χ4v) is 7.01. The molecular formula is C38H76NO6P. The van der Waals surface area contributed by atoms with Crippen molar-refractivity contribution in [1.29, 1.82) is 0 Å². The van der Waals surface area contributed by atoms with Crippen molar-refractivity contribution >= 4 is 19.8 Å². The first-order valence-corrected chi connectivity index (χ1v) is 21.3. The smallest absolute Gasteiger partial charge is 0.361 e. The summed E-state index contributed by atoms with van der Waals surface area (Å²) in [5, 5.41) is 0. The van der Waals surface area contributed by atoms with Gasteiger partial charge in [-0.05, 0) is 12.8 Å². The maximum Gasteiger partial charge on any atom is 0.592 e. The Morgan fingerprint density at radius 3 is 0.913 bits per heavy atom. The van der Waals surface area contributed by atoms with E-state index in [0.717, 1.165) is 25.7 Å². The first-order chi connectivity index (χ1) is 22.5. The third-order valence-electron chi connectivity index (χ3n) is 8.76. The van der Waals surface area contributed by atoms with Gasteiger partial charge in [-0.1, -0.05) is 194 Å². The van der Waals surface area contributed by atoms with Gasteiger partial charge in [0, 0.05) is 19.4 Å². The van der Waals surface area contributed by atoms with E-state index in [1.807, 2.05) is 0 Å². The number of hydrogen-bond acceptors (Lipinski definition) is 7. The molecule has 0 saturated carbocycles. The molecule has 0 bridgehead atoms. The molecule has 0 aliphatic carbocycles. The summed E-state index contributed by atoms with van der Waals surface area (Å²) in [7, 11) is -4.31. The van der Waals surface area contributed by atoms with Gasteiger partial charge in [0.1, 0.15) is 0 Å². The largest absolute Gasteiger partial charge is 0.592 e. The lowest BCUT2D eigenvalue weighted by molar-refractivity contribution is -0.141. The summed E-state index contributed by atoms with van der Waals surface area (Å²) in [6.45, 7) is 4.49. The number of nitrogens with two attached hydrogens (primary N) is 1. The van der Waals surface area contributed by atoms with E-state index >= 15 is 0 Å². The molecular weight excluding hydrogens is 597 g/mol. The Morgan fingerprint density at radius 1 is 0.435 bits per heavy atom. The number of hydrogen-bond donors (Lipinski definition) is 1. The van der Waals surface area contributed by atoms with Gasteiger partial charge in [-0.15, -0.1) is 0 Å². The lowest BCUT2D eigenvalue weighted by atomic mass is 10.0. The van der Waals surface area contributed by atoms with Crippen LogP contribution >= 0.6 is 7.82 Å². The predicted octanol–water partition coefficient (Wildman–Crippen LogP) is 12.7. The van der Waals surface area contributed by atoms with Crippen LogP contribution in [-0.2, 0) is 27.7 Å². The molecule has 0 rings (SSSR count). The van der Waals surface area contributed by atoms with E-state index < -0.39 is 19.8 Å². The minimum absolute atomic E-state index is 0.0805. The second-order valence-corrected chi connectivity index (χ2v) is 14.9. The van der Waals surface area contributed by atoms with Gasteiger partial charge in [-0.2, -0.15) is 0 Å². The fourth-order valence-electron chi connectivity index (χ4n) is 5.86. The van der Waals surface area contributed by atoms with Crippen molar-refractivity contribution in [2.45, 2.75) is 219 Å². The maximum absolute atomic E-state index is 12.9. The van der Waals surface area contributed by atoms with Gasteiger partial charge >= 0.3 is 19.8 Å². The molecule has 0 unspecified atom stereocenters. The van der Waals surface area contributed by atoms with Crippen molar-refractivity contribution in [2.24, 2.45) is 5.73 Å². The Kier molecular flexibility index (Phi) is 34.7. The zero-order valence-electron chi connectivity index (χ0n) is 30.5. The molecule has 0 aliphatic heterocycles. The van der Waals surface area contributed by atoms with Gasteiger partial charge in [0.15, 0.2) is 0 Å². The topological polar surface area (TPSA) is 105 Å². The molecule has 0 atom stereocenters. The molecule has 0 aliphatic rings. The molecule has 0 saturated heterocycles. The molecule has 0 aromatic carbocycles. The van der Waals surface area contributed by atoms with Gasteiger partial charge in [0.05, 0.1) is 6.61 Å². The number of rotatable bonds is 37. The van der Waals surface area contributed by atoms with E-state index in [-0.39, 0.29) is 26.0 Å². The van der Waals surface area contributed by atoms with Gasteiger partial charge in [0.2, 0.25) is 0 Å². The van der Waals surface area contributed by atoms with E-state index in [2.05, 4.69) is 13.8 Å². The average molecular weight is 674 g/mol. The first-order valence-electron chi connectivity index (χ1n) is 19.9. The highest BCUT2D eigenvalue weighted by molar-refractivity contribution is 7.49. The summed E-state index contributed by atoms with van der Waals surface area (Å²) in [6, 6.07) is 0. The SMILES string of the molecule is CCCCCCCCCCCCCCCCCC(=O)OP(=O)(OCCN)OC(=O)CCCCCCCCCCCCCCCCC. The monoisotopic (exact) mass is 674 g/mol. The van der Waals surface area contributed by atoms with Crippen LogP contribution in [0.1, 0.15) is 219 Å². The molecule has 8 heteroatoms. The van der Waals surface area contributed by atoms with Gasteiger partial charge in [0.25, 0.3) is 0 Å². The summed E-state index contributed by atoms with van der Waals surface area (Å²) in [5.74, 6) is -1.32. The fraction of sp³-hybridized carbons (Fsp3) is 0.947. The van der Waals surface area contributed by atoms with Gasteiger partial charge in [-0.3, -0.25) is 14.1 Å². The second-order valence-electron chi connectivity index (χ2n) is 13.4. The molecule has 0 aromatic rings. The summed E-state index contributed by atoms with van der Waals surface area (Å²) in [5.41, 5.74) is 5.47. The van der Waals surface area contributed by atoms with Crippen LogP contribution in [0.3, 0.4) is 0 Å². The molecule has 0 radical (unpaired) electrons. The highest BCUT2D eigenvalue weighted by atomic mass is 31.2. The molecule has 0 amide bonds.